The predicted molar refractivity (Wildman–Crippen MR) is 70.7 cm³/mol. The molecule has 1 saturated heterocycles. The lowest BCUT2D eigenvalue weighted by atomic mass is 9.93. The van der Waals surface area contributed by atoms with Gasteiger partial charge in [-0.1, -0.05) is 44.2 Å². The Morgan fingerprint density at radius 1 is 1.26 bits per heavy atom. The smallest absolute Gasteiger partial charge is 0.338 e. The van der Waals surface area contributed by atoms with Gasteiger partial charge in [-0.2, -0.15) is 0 Å². The topological polar surface area (TPSA) is 55.8 Å². The first-order valence-corrected chi connectivity index (χ1v) is 6.64. The van der Waals surface area contributed by atoms with Gasteiger partial charge in [0.25, 0.3) is 0 Å². The van der Waals surface area contributed by atoms with Gasteiger partial charge in [0.05, 0.1) is 0 Å². The Morgan fingerprint density at radius 3 is 2.32 bits per heavy atom. The van der Waals surface area contributed by atoms with Gasteiger partial charge in [-0.25, -0.2) is 4.79 Å². The van der Waals surface area contributed by atoms with Gasteiger partial charge in [0.2, 0.25) is 0 Å². The minimum absolute atomic E-state index is 0.592. The number of rotatable bonds is 4. The van der Waals surface area contributed by atoms with E-state index in [2.05, 4.69) is 0 Å². The summed E-state index contributed by atoms with van der Waals surface area (Å²) in [4.78, 5) is 11.6. The zero-order valence-electron chi connectivity index (χ0n) is 11.6. The highest BCUT2D eigenvalue weighted by Gasteiger charge is 2.58. The average Bonchev–Trinajstić information content (AvgIpc) is 2.75. The van der Waals surface area contributed by atoms with Crippen molar-refractivity contribution in [1.29, 1.82) is 0 Å². The minimum atomic E-state index is -1.35. The molecule has 1 heterocycles. The van der Waals surface area contributed by atoms with E-state index in [1.807, 2.05) is 44.2 Å². The number of benzene rings is 1. The predicted octanol–water partition coefficient (Wildman–Crippen LogP) is 3.13. The molecule has 0 radical (unpaired) electrons. The fourth-order valence-corrected chi connectivity index (χ4v) is 2.52. The van der Waals surface area contributed by atoms with Crippen LogP contribution in [0.3, 0.4) is 0 Å². The van der Waals surface area contributed by atoms with Gasteiger partial charge < -0.3 is 14.6 Å². The van der Waals surface area contributed by atoms with Crippen LogP contribution in [0.4, 0.5) is 0 Å². The fourth-order valence-electron chi connectivity index (χ4n) is 2.52. The van der Waals surface area contributed by atoms with Crippen LogP contribution in [0.5, 0.6) is 0 Å². The number of hydrogen-bond acceptors (Lipinski definition) is 3. The van der Waals surface area contributed by atoms with Gasteiger partial charge >= 0.3 is 5.97 Å². The summed E-state index contributed by atoms with van der Waals surface area (Å²) in [5.74, 6) is -1.81. The van der Waals surface area contributed by atoms with Gasteiger partial charge in [-0.15, -0.1) is 0 Å². The zero-order chi connectivity index (χ0) is 14.1. The molecule has 0 aliphatic carbocycles. The Bertz CT molecular complexity index is 452. The SMILES string of the molecule is CCC1(CC)OC(c2ccccc2)C(C)(C(=O)O)O1. The van der Waals surface area contributed by atoms with Gasteiger partial charge in [0, 0.05) is 0 Å². The summed E-state index contributed by atoms with van der Waals surface area (Å²) in [6.45, 7) is 5.47. The van der Waals surface area contributed by atoms with E-state index in [-0.39, 0.29) is 0 Å². The monoisotopic (exact) mass is 264 g/mol. The molecule has 104 valence electrons. The molecule has 1 N–H and O–H groups in total. The standard InChI is InChI=1S/C15H20O4/c1-4-15(5-2)18-12(11-9-7-6-8-10-11)14(3,19-15)13(16)17/h6-10,12H,4-5H2,1-3H3,(H,16,17). The highest BCUT2D eigenvalue weighted by molar-refractivity contribution is 5.78. The van der Waals surface area contributed by atoms with Crippen LogP contribution >= 0.6 is 0 Å². The maximum atomic E-state index is 11.6. The second-order valence-corrected chi connectivity index (χ2v) is 5.04. The van der Waals surface area contributed by atoms with E-state index in [4.69, 9.17) is 9.47 Å². The maximum absolute atomic E-state index is 11.6. The molecule has 0 spiro atoms. The Hall–Kier alpha value is -1.39. The lowest BCUT2D eigenvalue weighted by Gasteiger charge is -2.26. The van der Waals surface area contributed by atoms with Crippen molar-refractivity contribution in [3.63, 3.8) is 0 Å². The van der Waals surface area contributed by atoms with E-state index < -0.39 is 23.5 Å². The van der Waals surface area contributed by atoms with Crippen molar-refractivity contribution in [2.75, 3.05) is 0 Å². The largest absolute Gasteiger partial charge is 0.479 e. The normalized spacial score (nSPS) is 29.3. The first-order chi connectivity index (χ1) is 8.97. The van der Waals surface area contributed by atoms with Crippen molar-refractivity contribution >= 4 is 5.97 Å². The lowest BCUT2D eigenvalue weighted by Crippen LogP contribution is -2.42. The summed E-state index contributed by atoms with van der Waals surface area (Å²) in [5, 5.41) is 9.52. The molecule has 2 unspecified atom stereocenters. The average molecular weight is 264 g/mol. The number of ether oxygens (including phenoxy) is 2. The summed E-state index contributed by atoms with van der Waals surface area (Å²) in [5.41, 5.74) is -0.524. The van der Waals surface area contributed by atoms with Crippen molar-refractivity contribution in [3.05, 3.63) is 35.9 Å². The van der Waals surface area contributed by atoms with Crippen LogP contribution in [0.1, 0.15) is 45.3 Å². The molecule has 19 heavy (non-hydrogen) atoms. The lowest BCUT2D eigenvalue weighted by molar-refractivity contribution is -0.200. The van der Waals surface area contributed by atoms with E-state index in [0.29, 0.717) is 12.8 Å². The van der Waals surface area contributed by atoms with E-state index in [9.17, 15) is 9.90 Å². The number of aliphatic carboxylic acids is 1. The Balaban J connectivity index is 2.43. The van der Waals surface area contributed by atoms with Crippen molar-refractivity contribution in [3.8, 4) is 0 Å². The summed E-state index contributed by atoms with van der Waals surface area (Å²) >= 11 is 0. The van der Waals surface area contributed by atoms with Crippen LogP contribution in [0, 0.1) is 0 Å². The van der Waals surface area contributed by atoms with Crippen LogP contribution < -0.4 is 0 Å². The van der Waals surface area contributed by atoms with Crippen molar-refractivity contribution in [1.82, 2.24) is 0 Å². The molecular formula is C15H20O4. The van der Waals surface area contributed by atoms with E-state index in [1.54, 1.807) is 6.92 Å². The molecule has 1 aromatic carbocycles. The van der Waals surface area contributed by atoms with Gasteiger partial charge in [0.15, 0.2) is 11.4 Å². The Kier molecular flexibility index (Phi) is 3.65. The molecule has 0 amide bonds. The van der Waals surface area contributed by atoms with E-state index in [0.717, 1.165) is 5.56 Å². The number of carboxylic acids is 1. The van der Waals surface area contributed by atoms with Crippen LogP contribution in [0.2, 0.25) is 0 Å². The summed E-state index contributed by atoms with van der Waals surface area (Å²) in [6.07, 6.45) is 0.650. The van der Waals surface area contributed by atoms with E-state index >= 15 is 0 Å². The van der Waals surface area contributed by atoms with E-state index in [1.165, 1.54) is 0 Å². The summed E-state index contributed by atoms with van der Waals surface area (Å²) in [7, 11) is 0. The highest BCUT2D eigenvalue weighted by atomic mass is 16.8. The number of hydrogen-bond donors (Lipinski definition) is 1. The molecule has 4 nitrogen and oxygen atoms in total. The Labute approximate surface area is 113 Å². The molecule has 0 bridgehead atoms. The van der Waals surface area contributed by atoms with Crippen molar-refractivity contribution in [2.45, 2.75) is 51.1 Å². The Morgan fingerprint density at radius 2 is 1.84 bits per heavy atom. The molecular weight excluding hydrogens is 244 g/mol. The third-order valence-electron chi connectivity index (χ3n) is 3.84. The van der Waals surface area contributed by atoms with Crippen molar-refractivity contribution in [2.24, 2.45) is 0 Å². The first-order valence-electron chi connectivity index (χ1n) is 6.64. The summed E-state index contributed by atoms with van der Waals surface area (Å²) in [6, 6.07) is 9.38. The molecule has 1 fully saturated rings. The van der Waals surface area contributed by atoms with Crippen LogP contribution in [0.15, 0.2) is 30.3 Å². The molecule has 1 aromatic rings. The first kappa shape index (κ1) is 14.0. The quantitative estimate of drug-likeness (QED) is 0.907. The van der Waals surface area contributed by atoms with Crippen LogP contribution in [-0.2, 0) is 14.3 Å². The molecule has 2 atom stereocenters. The molecule has 1 aliphatic rings. The fraction of sp³-hybridized carbons (Fsp3) is 0.533. The summed E-state index contributed by atoms with van der Waals surface area (Å²) < 4.78 is 11.8. The maximum Gasteiger partial charge on any atom is 0.338 e. The van der Waals surface area contributed by atoms with Crippen LogP contribution in [0.25, 0.3) is 0 Å². The molecule has 2 rings (SSSR count). The third kappa shape index (κ3) is 2.26. The number of carboxylic acid groups (broad SMARTS) is 1. The van der Waals surface area contributed by atoms with Gasteiger partial charge in [-0.05, 0) is 25.3 Å². The zero-order valence-corrected chi connectivity index (χ0v) is 11.6. The molecule has 0 aromatic heterocycles. The van der Waals surface area contributed by atoms with Gasteiger partial charge in [-0.3, -0.25) is 0 Å². The molecule has 1 aliphatic heterocycles. The molecule has 0 saturated carbocycles. The second kappa shape index (κ2) is 4.94. The van der Waals surface area contributed by atoms with Crippen LogP contribution in [-0.4, -0.2) is 22.5 Å². The van der Waals surface area contributed by atoms with Gasteiger partial charge in [0.1, 0.15) is 6.10 Å². The number of carbonyl (C=O) groups is 1. The minimum Gasteiger partial charge on any atom is -0.479 e. The molecule has 4 heteroatoms. The highest BCUT2D eigenvalue weighted by Crippen LogP contribution is 2.48. The second-order valence-electron chi connectivity index (χ2n) is 5.04. The van der Waals surface area contributed by atoms with Crippen molar-refractivity contribution < 1.29 is 19.4 Å². The third-order valence-corrected chi connectivity index (χ3v) is 3.84.